The highest BCUT2D eigenvalue weighted by molar-refractivity contribution is 5.94. The summed E-state index contributed by atoms with van der Waals surface area (Å²) in [4.78, 5) is 45.0. The van der Waals surface area contributed by atoms with E-state index in [9.17, 15) is 14.4 Å². The lowest BCUT2D eigenvalue weighted by atomic mass is 9.91. The largest absolute Gasteiger partial charge is 0.354 e. The fourth-order valence-electron chi connectivity index (χ4n) is 4.56. The number of nitrogens with one attached hydrogen (secondary N) is 1. The Morgan fingerprint density at radius 3 is 2.33 bits per heavy atom. The van der Waals surface area contributed by atoms with Crippen LogP contribution in [0, 0.1) is 25.7 Å². The van der Waals surface area contributed by atoms with Crippen molar-refractivity contribution in [2.45, 2.75) is 52.5 Å². The molecule has 0 aromatic carbocycles. The summed E-state index contributed by atoms with van der Waals surface area (Å²) in [6.45, 7) is 8.15. The maximum atomic E-state index is 13.2. The van der Waals surface area contributed by atoms with Crippen LogP contribution in [0.3, 0.4) is 0 Å². The van der Waals surface area contributed by atoms with Gasteiger partial charge in [-0.3, -0.25) is 14.6 Å². The SMILES string of the molecule is Cc1cc(C(=O)N2CC[C@@H](C)C[C@H]2CNC(=O)C2CCN(C(N)=O)CC2)cc(C)n1. The van der Waals surface area contributed by atoms with Gasteiger partial charge in [0, 0.05) is 55.1 Å². The van der Waals surface area contributed by atoms with E-state index in [1.165, 1.54) is 0 Å². The monoisotopic (exact) mass is 415 g/mol. The maximum Gasteiger partial charge on any atom is 0.314 e. The first kappa shape index (κ1) is 22.1. The number of hydrogen-bond acceptors (Lipinski definition) is 4. The number of amides is 4. The lowest BCUT2D eigenvalue weighted by Crippen LogP contribution is -2.52. The Hall–Kier alpha value is -2.64. The van der Waals surface area contributed by atoms with E-state index >= 15 is 0 Å². The average molecular weight is 416 g/mol. The highest BCUT2D eigenvalue weighted by Gasteiger charge is 2.32. The second-order valence-electron chi connectivity index (χ2n) is 8.77. The number of carbonyl (C=O) groups excluding carboxylic acids is 3. The number of likely N-dealkylation sites (tertiary alicyclic amines) is 2. The number of aromatic nitrogens is 1. The Balaban J connectivity index is 1.61. The van der Waals surface area contributed by atoms with Crippen molar-refractivity contribution in [2.24, 2.45) is 17.6 Å². The minimum atomic E-state index is -0.430. The Bertz CT molecular complexity index is 784. The van der Waals surface area contributed by atoms with Crippen molar-refractivity contribution in [1.29, 1.82) is 0 Å². The number of piperidine rings is 2. The van der Waals surface area contributed by atoms with Crippen molar-refractivity contribution in [1.82, 2.24) is 20.1 Å². The van der Waals surface area contributed by atoms with Crippen molar-refractivity contribution < 1.29 is 14.4 Å². The van der Waals surface area contributed by atoms with E-state index in [1.54, 1.807) is 4.90 Å². The number of hydrogen-bond donors (Lipinski definition) is 2. The van der Waals surface area contributed by atoms with E-state index in [1.807, 2.05) is 30.9 Å². The number of carbonyl (C=O) groups is 3. The second kappa shape index (κ2) is 9.45. The van der Waals surface area contributed by atoms with Gasteiger partial charge >= 0.3 is 6.03 Å². The predicted octanol–water partition coefficient (Wildman–Crippen LogP) is 1.85. The molecule has 8 heteroatoms. The Morgan fingerprint density at radius 2 is 1.73 bits per heavy atom. The third-order valence-electron chi connectivity index (χ3n) is 6.26. The smallest absolute Gasteiger partial charge is 0.314 e. The standard InChI is InChI=1S/C22H33N5O3/c1-14-4-9-27(21(29)18-11-15(2)25-16(3)12-18)19(10-14)13-24-20(28)17-5-7-26(8-6-17)22(23)30/h11-12,14,17,19H,4-10,13H2,1-3H3,(H2,23,30)(H,24,28)/t14-,19+/m1/s1. The van der Waals surface area contributed by atoms with Gasteiger partial charge in [-0.2, -0.15) is 0 Å². The molecule has 2 aliphatic heterocycles. The minimum Gasteiger partial charge on any atom is -0.354 e. The molecule has 0 saturated carbocycles. The molecule has 0 bridgehead atoms. The first-order chi connectivity index (χ1) is 14.2. The first-order valence-electron chi connectivity index (χ1n) is 10.8. The summed E-state index contributed by atoms with van der Waals surface area (Å²) in [5.41, 5.74) is 7.63. The number of nitrogens with two attached hydrogens (primary N) is 1. The molecule has 0 spiro atoms. The van der Waals surface area contributed by atoms with Crippen molar-refractivity contribution in [3.63, 3.8) is 0 Å². The summed E-state index contributed by atoms with van der Waals surface area (Å²) in [7, 11) is 0. The Labute approximate surface area is 178 Å². The Morgan fingerprint density at radius 1 is 1.10 bits per heavy atom. The molecule has 8 nitrogen and oxygen atoms in total. The number of urea groups is 1. The summed E-state index contributed by atoms with van der Waals surface area (Å²) in [5.74, 6) is 0.400. The van der Waals surface area contributed by atoms with Crippen LogP contribution in [0.15, 0.2) is 12.1 Å². The van der Waals surface area contributed by atoms with Gasteiger partial charge in [-0.25, -0.2) is 4.79 Å². The van der Waals surface area contributed by atoms with Gasteiger partial charge < -0.3 is 20.9 Å². The van der Waals surface area contributed by atoms with Crippen molar-refractivity contribution >= 4 is 17.8 Å². The maximum absolute atomic E-state index is 13.2. The lowest BCUT2D eigenvalue weighted by Gasteiger charge is -2.39. The van der Waals surface area contributed by atoms with Crippen LogP contribution in [0.5, 0.6) is 0 Å². The first-order valence-corrected chi connectivity index (χ1v) is 10.8. The Kier molecular flexibility index (Phi) is 6.95. The minimum absolute atomic E-state index is 0.000320. The molecular formula is C22H33N5O3. The molecule has 2 aliphatic rings. The zero-order valence-corrected chi connectivity index (χ0v) is 18.2. The summed E-state index contributed by atoms with van der Waals surface area (Å²) in [6.07, 6.45) is 3.07. The molecule has 0 unspecified atom stereocenters. The highest BCUT2D eigenvalue weighted by atomic mass is 16.2. The van der Waals surface area contributed by atoms with Crippen LogP contribution in [0.25, 0.3) is 0 Å². The van der Waals surface area contributed by atoms with E-state index in [0.717, 1.165) is 24.2 Å². The zero-order chi connectivity index (χ0) is 21.8. The molecule has 3 rings (SSSR count). The summed E-state index contributed by atoms with van der Waals surface area (Å²) in [6, 6.07) is 3.20. The van der Waals surface area contributed by atoms with Crippen LogP contribution in [-0.2, 0) is 4.79 Å². The molecule has 0 aliphatic carbocycles. The molecule has 30 heavy (non-hydrogen) atoms. The van der Waals surface area contributed by atoms with E-state index < -0.39 is 6.03 Å². The molecule has 0 radical (unpaired) electrons. The molecule has 3 N–H and O–H groups in total. The molecule has 4 amide bonds. The third kappa shape index (κ3) is 5.29. The van der Waals surface area contributed by atoms with Crippen molar-refractivity contribution in [2.75, 3.05) is 26.2 Å². The van der Waals surface area contributed by atoms with Crippen LogP contribution < -0.4 is 11.1 Å². The molecule has 1 aromatic rings. The number of primary amides is 1. The third-order valence-corrected chi connectivity index (χ3v) is 6.26. The number of nitrogens with zero attached hydrogens (tertiary/aromatic N) is 3. The fraction of sp³-hybridized carbons (Fsp3) is 0.636. The van der Waals surface area contributed by atoms with Crippen LogP contribution in [0.2, 0.25) is 0 Å². The molecule has 164 valence electrons. The van der Waals surface area contributed by atoms with Crippen LogP contribution >= 0.6 is 0 Å². The van der Waals surface area contributed by atoms with Gasteiger partial charge in [0.2, 0.25) is 5.91 Å². The topological polar surface area (TPSA) is 109 Å². The number of aryl methyl sites for hydroxylation is 2. The van der Waals surface area contributed by atoms with Gasteiger partial charge in [0.1, 0.15) is 0 Å². The van der Waals surface area contributed by atoms with Gasteiger partial charge in [-0.15, -0.1) is 0 Å². The molecule has 2 saturated heterocycles. The number of rotatable bonds is 4. The molecule has 3 heterocycles. The van der Waals surface area contributed by atoms with Gasteiger partial charge in [0.05, 0.1) is 0 Å². The van der Waals surface area contributed by atoms with Crippen molar-refractivity contribution in [3.8, 4) is 0 Å². The zero-order valence-electron chi connectivity index (χ0n) is 18.2. The molecule has 2 atom stereocenters. The predicted molar refractivity (Wildman–Crippen MR) is 114 cm³/mol. The number of pyridine rings is 1. The highest BCUT2D eigenvalue weighted by Crippen LogP contribution is 2.25. The summed E-state index contributed by atoms with van der Waals surface area (Å²) >= 11 is 0. The molecule has 2 fully saturated rings. The van der Waals surface area contributed by atoms with Crippen LogP contribution in [0.4, 0.5) is 4.79 Å². The van der Waals surface area contributed by atoms with Gasteiger partial charge in [0.25, 0.3) is 5.91 Å². The van der Waals surface area contributed by atoms with E-state index in [-0.39, 0.29) is 23.8 Å². The van der Waals surface area contributed by atoms with E-state index in [2.05, 4.69) is 17.2 Å². The quantitative estimate of drug-likeness (QED) is 0.782. The van der Waals surface area contributed by atoms with Crippen LogP contribution in [0.1, 0.15) is 54.4 Å². The lowest BCUT2D eigenvalue weighted by molar-refractivity contribution is -0.126. The summed E-state index contributed by atoms with van der Waals surface area (Å²) in [5, 5.41) is 3.07. The van der Waals surface area contributed by atoms with E-state index in [0.29, 0.717) is 50.5 Å². The molecule has 1 aromatic heterocycles. The molecular weight excluding hydrogens is 382 g/mol. The van der Waals surface area contributed by atoms with Crippen molar-refractivity contribution in [3.05, 3.63) is 29.1 Å². The van der Waals surface area contributed by atoms with Gasteiger partial charge in [-0.05, 0) is 57.6 Å². The second-order valence-corrected chi connectivity index (χ2v) is 8.77. The van der Waals surface area contributed by atoms with Gasteiger partial charge in [-0.1, -0.05) is 6.92 Å². The van der Waals surface area contributed by atoms with Crippen LogP contribution in [-0.4, -0.2) is 64.9 Å². The fourth-order valence-corrected chi connectivity index (χ4v) is 4.56. The van der Waals surface area contributed by atoms with E-state index in [4.69, 9.17) is 5.73 Å². The normalized spacial score (nSPS) is 22.6. The summed E-state index contributed by atoms with van der Waals surface area (Å²) < 4.78 is 0. The van der Waals surface area contributed by atoms with Gasteiger partial charge in [0.15, 0.2) is 0 Å². The average Bonchev–Trinajstić information content (AvgIpc) is 2.71.